The van der Waals surface area contributed by atoms with Gasteiger partial charge in [0, 0.05) is 44.1 Å². The predicted octanol–water partition coefficient (Wildman–Crippen LogP) is 1.51. The van der Waals surface area contributed by atoms with Crippen molar-refractivity contribution in [3.05, 3.63) is 36.0 Å². The SMILES string of the molecule is CCOC(=O)N1CCN(C(=O)[C@H](CCC(=O)O)NC(=O)c2cc(OC)c3ccccc3n2)CC1. The van der Waals surface area contributed by atoms with Crippen molar-refractivity contribution in [2.24, 2.45) is 0 Å². The number of carboxylic acid groups (broad SMARTS) is 1. The standard InChI is InChI=1S/C23H28N4O7/c1-3-34-23(32)27-12-10-26(11-13-27)22(31)17(8-9-20(28)29)25-21(30)18-14-19(33-2)15-6-4-5-7-16(15)24-18/h4-7,14,17H,3,8-13H2,1-2H3,(H,25,30)(H,28,29)/t17-/m0/s1. The smallest absolute Gasteiger partial charge is 0.409 e. The van der Waals surface area contributed by atoms with Crippen molar-refractivity contribution in [2.75, 3.05) is 39.9 Å². The van der Waals surface area contributed by atoms with E-state index in [2.05, 4.69) is 10.3 Å². The van der Waals surface area contributed by atoms with Gasteiger partial charge >= 0.3 is 12.1 Å². The van der Waals surface area contributed by atoms with Crippen LogP contribution in [0.5, 0.6) is 5.75 Å². The van der Waals surface area contributed by atoms with Crippen LogP contribution in [0.25, 0.3) is 10.9 Å². The number of benzene rings is 1. The molecule has 1 fully saturated rings. The average molecular weight is 472 g/mol. The summed E-state index contributed by atoms with van der Waals surface area (Å²) in [4.78, 5) is 56.6. The van der Waals surface area contributed by atoms with Crippen molar-refractivity contribution in [3.63, 3.8) is 0 Å². The van der Waals surface area contributed by atoms with E-state index in [4.69, 9.17) is 14.6 Å². The summed E-state index contributed by atoms with van der Waals surface area (Å²) in [6, 6.07) is 7.59. The number of carboxylic acids is 1. The summed E-state index contributed by atoms with van der Waals surface area (Å²) in [6.07, 6.45) is -0.821. The van der Waals surface area contributed by atoms with E-state index >= 15 is 0 Å². The topological polar surface area (TPSA) is 138 Å². The number of hydrogen-bond acceptors (Lipinski definition) is 7. The fraction of sp³-hybridized carbons (Fsp3) is 0.435. The maximum absolute atomic E-state index is 13.2. The second-order valence-corrected chi connectivity index (χ2v) is 7.70. The van der Waals surface area contributed by atoms with E-state index in [9.17, 15) is 19.2 Å². The van der Waals surface area contributed by atoms with Gasteiger partial charge in [0.15, 0.2) is 0 Å². The van der Waals surface area contributed by atoms with Gasteiger partial charge in [-0.1, -0.05) is 12.1 Å². The van der Waals surface area contributed by atoms with Gasteiger partial charge in [-0.15, -0.1) is 0 Å². The van der Waals surface area contributed by atoms with E-state index in [-0.39, 0.29) is 51.3 Å². The van der Waals surface area contributed by atoms with Crippen LogP contribution in [0.1, 0.15) is 30.3 Å². The van der Waals surface area contributed by atoms with Crippen LogP contribution in [0.4, 0.5) is 4.79 Å². The molecule has 1 saturated heterocycles. The van der Waals surface area contributed by atoms with Gasteiger partial charge in [0.2, 0.25) is 5.91 Å². The third-order valence-electron chi connectivity index (χ3n) is 5.50. The number of nitrogens with zero attached hydrogens (tertiary/aromatic N) is 3. The van der Waals surface area contributed by atoms with Gasteiger partial charge in [-0.05, 0) is 25.5 Å². The summed E-state index contributed by atoms with van der Waals surface area (Å²) in [5.41, 5.74) is 0.603. The number of aromatic nitrogens is 1. The summed E-state index contributed by atoms with van der Waals surface area (Å²) < 4.78 is 10.4. The number of carbonyl (C=O) groups excluding carboxylic acids is 3. The van der Waals surface area contributed by atoms with Crippen LogP contribution in [-0.2, 0) is 14.3 Å². The minimum absolute atomic E-state index is 0.0517. The molecule has 1 atom stereocenters. The molecule has 2 aromatic rings. The molecular weight excluding hydrogens is 444 g/mol. The number of para-hydroxylation sites is 1. The number of hydrogen-bond donors (Lipinski definition) is 2. The minimum Gasteiger partial charge on any atom is -0.496 e. The lowest BCUT2D eigenvalue weighted by molar-refractivity contribution is -0.138. The largest absolute Gasteiger partial charge is 0.496 e. The number of piperazine rings is 1. The van der Waals surface area contributed by atoms with Crippen molar-refractivity contribution in [3.8, 4) is 5.75 Å². The summed E-state index contributed by atoms with van der Waals surface area (Å²) in [5, 5.41) is 12.5. The first kappa shape index (κ1) is 24.7. The number of carbonyl (C=O) groups is 4. The van der Waals surface area contributed by atoms with Crippen LogP contribution < -0.4 is 10.1 Å². The number of methoxy groups -OCH3 is 1. The van der Waals surface area contributed by atoms with E-state index in [1.165, 1.54) is 23.0 Å². The maximum Gasteiger partial charge on any atom is 0.409 e. The lowest BCUT2D eigenvalue weighted by atomic mass is 10.1. The molecule has 0 spiro atoms. The summed E-state index contributed by atoms with van der Waals surface area (Å²) in [5.74, 6) is -1.65. The Morgan fingerprint density at radius 2 is 1.79 bits per heavy atom. The van der Waals surface area contributed by atoms with Gasteiger partial charge in [-0.3, -0.25) is 14.4 Å². The molecule has 0 unspecified atom stereocenters. The zero-order chi connectivity index (χ0) is 24.7. The fourth-order valence-electron chi connectivity index (χ4n) is 3.73. The van der Waals surface area contributed by atoms with E-state index in [1.807, 2.05) is 12.1 Å². The van der Waals surface area contributed by atoms with Crippen LogP contribution in [0, 0.1) is 0 Å². The highest BCUT2D eigenvalue weighted by atomic mass is 16.6. The van der Waals surface area contributed by atoms with E-state index in [0.29, 0.717) is 11.3 Å². The molecule has 3 amide bonds. The second kappa shape index (κ2) is 11.3. The first-order valence-electron chi connectivity index (χ1n) is 11.0. The van der Waals surface area contributed by atoms with Gasteiger partial charge in [-0.2, -0.15) is 0 Å². The monoisotopic (exact) mass is 472 g/mol. The number of aliphatic carboxylic acids is 1. The van der Waals surface area contributed by atoms with Gasteiger partial charge in [0.05, 0.1) is 19.2 Å². The quantitative estimate of drug-likeness (QED) is 0.590. The lowest BCUT2D eigenvalue weighted by Gasteiger charge is -2.35. The zero-order valence-electron chi connectivity index (χ0n) is 19.2. The van der Waals surface area contributed by atoms with Crippen LogP contribution in [-0.4, -0.2) is 89.7 Å². The van der Waals surface area contributed by atoms with Crippen molar-refractivity contribution in [1.29, 1.82) is 0 Å². The Labute approximate surface area is 196 Å². The molecule has 1 aliphatic heterocycles. The molecule has 0 aliphatic carbocycles. The maximum atomic E-state index is 13.2. The highest BCUT2D eigenvalue weighted by Crippen LogP contribution is 2.25. The Morgan fingerprint density at radius 3 is 2.44 bits per heavy atom. The zero-order valence-corrected chi connectivity index (χ0v) is 19.2. The van der Waals surface area contributed by atoms with Crippen LogP contribution in [0.2, 0.25) is 0 Å². The van der Waals surface area contributed by atoms with Gasteiger partial charge < -0.3 is 29.7 Å². The van der Waals surface area contributed by atoms with Crippen molar-refractivity contribution in [2.45, 2.75) is 25.8 Å². The van der Waals surface area contributed by atoms with Crippen LogP contribution in [0.15, 0.2) is 30.3 Å². The summed E-state index contributed by atoms with van der Waals surface area (Å²) >= 11 is 0. The second-order valence-electron chi connectivity index (χ2n) is 7.70. The average Bonchev–Trinajstić information content (AvgIpc) is 2.85. The molecule has 0 radical (unpaired) electrons. The molecule has 1 aromatic carbocycles. The first-order valence-corrected chi connectivity index (χ1v) is 11.0. The molecule has 182 valence electrons. The molecule has 3 rings (SSSR count). The molecule has 0 saturated carbocycles. The van der Waals surface area contributed by atoms with Crippen LogP contribution >= 0.6 is 0 Å². The normalized spacial score (nSPS) is 14.4. The molecule has 11 nitrogen and oxygen atoms in total. The van der Waals surface area contributed by atoms with E-state index in [0.717, 1.165) is 5.39 Å². The molecule has 11 heteroatoms. The number of rotatable bonds is 8. The molecule has 2 heterocycles. The number of fused-ring (bicyclic) bond motifs is 1. The fourth-order valence-corrected chi connectivity index (χ4v) is 3.73. The molecule has 1 aliphatic rings. The van der Waals surface area contributed by atoms with Gasteiger partial charge in [0.1, 0.15) is 17.5 Å². The van der Waals surface area contributed by atoms with E-state index in [1.54, 1.807) is 19.1 Å². The number of nitrogens with one attached hydrogen (secondary N) is 1. The Hall–Kier alpha value is -3.89. The molecular formula is C23H28N4O7. The molecule has 1 aromatic heterocycles. The number of ether oxygens (including phenoxy) is 2. The van der Waals surface area contributed by atoms with Crippen molar-refractivity contribution in [1.82, 2.24) is 20.1 Å². The van der Waals surface area contributed by atoms with Gasteiger partial charge in [-0.25, -0.2) is 9.78 Å². The van der Waals surface area contributed by atoms with Crippen molar-refractivity contribution >= 4 is 34.8 Å². The summed E-state index contributed by atoms with van der Waals surface area (Å²) in [6.45, 7) is 3.04. The van der Waals surface area contributed by atoms with Crippen LogP contribution in [0.3, 0.4) is 0 Å². The Bertz CT molecular complexity index is 1070. The third kappa shape index (κ3) is 5.91. The Balaban J connectivity index is 1.74. The first-order chi connectivity index (χ1) is 16.3. The summed E-state index contributed by atoms with van der Waals surface area (Å²) in [7, 11) is 1.48. The third-order valence-corrected chi connectivity index (χ3v) is 5.50. The number of pyridine rings is 1. The molecule has 34 heavy (non-hydrogen) atoms. The minimum atomic E-state index is -1.08. The highest BCUT2D eigenvalue weighted by Gasteiger charge is 2.31. The molecule has 0 bridgehead atoms. The van der Waals surface area contributed by atoms with Gasteiger partial charge in [0.25, 0.3) is 5.91 Å². The Morgan fingerprint density at radius 1 is 1.12 bits per heavy atom. The lowest BCUT2D eigenvalue weighted by Crippen LogP contribution is -2.56. The van der Waals surface area contributed by atoms with E-state index < -0.39 is 29.9 Å². The number of amides is 3. The highest BCUT2D eigenvalue weighted by molar-refractivity contribution is 5.99. The Kier molecular flexibility index (Phi) is 8.23. The predicted molar refractivity (Wildman–Crippen MR) is 122 cm³/mol. The van der Waals surface area contributed by atoms with Crippen molar-refractivity contribution < 1.29 is 33.8 Å². The molecule has 2 N–H and O–H groups in total.